The summed E-state index contributed by atoms with van der Waals surface area (Å²) in [7, 11) is 1.39. The first-order chi connectivity index (χ1) is 13.1. The second-order valence-corrected chi connectivity index (χ2v) is 6.00. The van der Waals surface area contributed by atoms with Crippen LogP contribution in [0.4, 0.5) is 27.6 Å². The van der Waals surface area contributed by atoms with Gasteiger partial charge >= 0.3 is 6.18 Å². The lowest BCUT2D eigenvalue weighted by molar-refractivity contribution is -0.141. The van der Waals surface area contributed by atoms with E-state index in [4.69, 9.17) is 0 Å². The van der Waals surface area contributed by atoms with Crippen LogP contribution in [0.2, 0.25) is 0 Å². The van der Waals surface area contributed by atoms with Gasteiger partial charge in [0.15, 0.2) is 11.6 Å². The van der Waals surface area contributed by atoms with Gasteiger partial charge in [-0.3, -0.25) is 14.6 Å². The molecular formula is C18H12F5N3O2. The lowest BCUT2D eigenvalue weighted by atomic mass is 10.0. The minimum Gasteiger partial charge on any atom is -0.337 e. The van der Waals surface area contributed by atoms with Gasteiger partial charge in [-0.25, -0.2) is 8.78 Å². The van der Waals surface area contributed by atoms with E-state index in [2.05, 4.69) is 10.3 Å². The number of rotatable bonds is 3. The van der Waals surface area contributed by atoms with Crippen LogP contribution in [0.3, 0.4) is 0 Å². The number of nitrogens with zero attached hydrogens (tertiary/aromatic N) is 2. The van der Waals surface area contributed by atoms with Gasteiger partial charge in [0.1, 0.15) is 11.3 Å². The first kappa shape index (κ1) is 19.5. The third-order valence-corrected chi connectivity index (χ3v) is 4.09. The fourth-order valence-corrected chi connectivity index (χ4v) is 2.70. The van der Waals surface area contributed by atoms with Crippen molar-refractivity contribution >= 4 is 23.1 Å². The highest BCUT2D eigenvalue weighted by Crippen LogP contribution is 2.31. The van der Waals surface area contributed by atoms with Gasteiger partial charge in [0.25, 0.3) is 11.8 Å². The second kappa shape index (κ2) is 7.02. The van der Waals surface area contributed by atoms with E-state index < -0.39 is 41.0 Å². The number of anilines is 1. The second-order valence-electron chi connectivity index (χ2n) is 6.00. The highest BCUT2D eigenvalue weighted by molar-refractivity contribution is 6.29. The molecule has 1 aromatic carbocycles. The van der Waals surface area contributed by atoms with Crippen molar-refractivity contribution in [3.63, 3.8) is 0 Å². The zero-order valence-corrected chi connectivity index (χ0v) is 14.3. The zero-order chi connectivity index (χ0) is 20.6. The number of carbonyl (C=O) groups is 2. The maximum Gasteiger partial charge on any atom is 0.433 e. The fraction of sp³-hybridized carbons (Fsp3) is 0.167. The molecule has 1 N–H and O–H groups in total. The molecule has 0 radical (unpaired) electrons. The van der Waals surface area contributed by atoms with Gasteiger partial charge in [0.05, 0.1) is 5.69 Å². The molecule has 0 spiro atoms. The lowest BCUT2D eigenvalue weighted by Crippen LogP contribution is -2.27. The predicted molar refractivity (Wildman–Crippen MR) is 88.8 cm³/mol. The topological polar surface area (TPSA) is 62.3 Å². The summed E-state index contributed by atoms with van der Waals surface area (Å²) in [6.07, 6.45) is -3.73. The van der Waals surface area contributed by atoms with Gasteiger partial charge in [-0.05, 0) is 29.3 Å². The van der Waals surface area contributed by atoms with Crippen LogP contribution < -0.4 is 5.32 Å². The Morgan fingerprint density at radius 1 is 1.18 bits per heavy atom. The molecular weight excluding hydrogens is 385 g/mol. The summed E-state index contributed by atoms with van der Waals surface area (Å²) >= 11 is 0. The predicted octanol–water partition coefficient (Wildman–Crippen LogP) is 3.24. The van der Waals surface area contributed by atoms with Crippen LogP contribution in [0.25, 0.3) is 5.57 Å². The van der Waals surface area contributed by atoms with Crippen molar-refractivity contribution in [2.75, 3.05) is 18.9 Å². The van der Waals surface area contributed by atoms with Gasteiger partial charge in [-0.2, -0.15) is 13.2 Å². The number of likely N-dealkylation sites (N-methyl/N-ethyl adjacent to an activating group) is 1. The average molecular weight is 397 g/mol. The third-order valence-electron chi connectivity index (χ3n) is 4.09. The molecule has 0 saturated carbocycles. The molecule has 2 amide bonds. The largest absolute Gasteiger partial charge is 0.433 e. The number of alkyl halides is 3. The van der Waals surface area contributed by atoms with Crippen LogP contribution in [0, 0.1) is 11.6 Å². The number of hydrogen-bond acceptors (Lipinski definition) is 3. The molecule has 1 aromatic heterocycles. The van der Waals surface area contributed by atoms with E-state index >= 15 is 0 Å². The van der Waals surface area contributed by atoms with Gasteiger partial charge in [0.2, 0.25) is 0 Å². The maximum absolute atomic E-state index is 13.8. The molecule has 3 rings (SSSR count). The molecule has 2 heterocycles. The third kappa shape index (κ3) is 3.57. The number of amides is 2. The van der Waals surface area contributed by atoms with Gasteiger partial charge < -0.3 is 10.2 Å². The summed E-state index contributed by atoms with van der Waals surface area (Å²) in [6.45, 7) is -0.0553. The molecule has 0 fully saturated rings. The van der Waals surface area contributed by atoms with Crippen molar-refractivity contribution < 1.29 is 31.5 Å². The Kier molecular flexibility index (Phi) is 4.88. The van der Waals surface area contributed by atoms with Gasteiger partial charge in [-0.1, -0.05) is 12.1 Å². The standard InChI is InChI=1S/C18H12F5N3O2/c1-26-8-10(9-5-6-13(24-7-9)18(21,22)23)14(17(26)28)16(27)25-12-4-2-3-11(19)15(12)20/h2-7H,8H2,1H3,(H,25,27). The summed E-state index contributed by atoms with van der Waals surface area (Å²) in [4.78, 5) is 29.4. The van der Waals surface area contributed by atoms with E-state index in [0.717, 1.165) is 30.5 Å². The average Bonchev–Trinajstić information content (AvgIpc) is 2.93. The Morgan fingerprint density at radius 3 is 2.50 bits per heavy atom. The number of carbonyl (C=O) groups excluding carboxylic acids is 2. The number of hydrogen-bond donors (Lipinski definition) is 1. The van der Waals surface area contributed by atoms with Crippen molar-refractivity contribution in [2.45, 2.75) is 6.18 Å². The summed E-state index contributed by atoms with van der Waals surface area (Å²) in [6, 6.07) is 4.96. The van der Waals surface area contributed by atoms with E-state index in [0.29, 0.717) is 0 Å². The zero-order valence-electron chi connectivity index (χ0n) is 14.3. The summed E-state index contributed by atoms with van der Waals surface area (Å²) in [5.74, 6) is -4.19. The number of pyridine rings is 1. The van der Waals surface area contributed by atoms with Crippen molar-refractivity contribution in [2.24, 2.45) is 0 Å². The molecule has 0 aliphatic carbocycles. The summed E-state index contributed by atoms with van der Waals surface area (Å²) < 4.78 is 65.1. The van der Waals surface area contributed by atoms with Crippen molar-refractivity contribution in [3.05, 3.63) is 65.0 Å². The Hall–Kier alpha value is -3.30. The molecule has 5 nitrogen and oxygen atoms in total. The minimum absolute atomic E-state index is 0.0553. The molecule has 1 aliphatic heterocycles. The number of halogens is 5. The van der Waals surface area contributed by atoms with Gasteiger partial charge in [-0.15, -0.1) is 0 Å². The van der Waals surface area contributed by atoms with E-state index in [9.17, 15) is 31.5 Å². The Morgan fingerprint density at radius 2 is 1.89 bits per heavy atom. The van der Waals surface area contributed by atoms with Crippen LogP contribution in [0.5, 0.6) is 0 Å². The smallest absolute Gasteiger partial charge is 0.337 e. The quantitative estimate of drug-likeness (QED) is 0.639. The highest BCUT2D eigenvalue weighted by Gasteiger charge is 2.35. The van der Waals surface area contributed by atoms with E-state index in [1.165, 1.54) is 18.0 Å². The SMILES string of the molecule is CN1CC(c2ccc(C(F)(F)F)nc2)=C(C(=O)Nc2cccc(F)c2F)C1=O. The number of aromatic nitrogens is 1. The molecule has 2 aromatic rings. The van der Waals surface area contributed by atoms with Crippen molar-refractivity contribution in [1.29, 1.82) is 0 Å². The molecule has 0 unspecified atom stereocenters. The van der Waals surface area contributed by atoms with Crippen LogP contribution in [-0.2, 0) is 15.8 Å². The maximum atomic E-state index is 13.8. The van der Waals surface area contributed by atoms with Crippen LogP contribution >= 0.6 is 0 Å². The van der Waals surface area contributed by atoms with Crippen LogP contribution in [0.15, 0.2) is 42.1 Å². The first-order valence-electron chi connectivity index (χ1n) is 7.87. The lowest BCUT2D eigenvalue weighted by Gasteiger charge is -2.09. The first-order valence-corrected chi connectivity index (χ1v) is 7.87. The summed E-state index contributed by atoms with van der Waals surface area (Å²) in [5, 5.41) is 2.12. The molecule has 28 heavy (non-hydrogen) atoms. The normalized spacial score (nSPS) is 14.6. The molecule has 146 valence electrons. The fourth-order valence-electron chi connectivity index (χ4n) is 2.70. The van der Waals surface area contributed by atoms with Crippen molar-refractivity contribution in [1.82, 2.24) is 9.88 Å². The van der Waals surface area contributed by atoms with Crippen molar-refractivity contribution in [3.8, 4) is 0 Å². The molecule has 10 heteroatoms. The van der Waals surface area contributed by atoms with E-state index in [-0.39, 0.29) is 23.3 Å². The van der Waals surface area contributed by atoms with Crippen LogP contribution in [-0.4, -0.2) is 35.3 Å². The molecule has 1 aliphatic rings. The molecule has 0 bridgehead atoms. The minimum atomic E-state index is -4.63. The Balaban J connectivity index is 1.98. The summed E-state index contributed by atoms with van der Waals surface area (Å²) in [5.41, 5.74) is -1.71. The molecule has 0 saturated heterocycles. The van der Waals surface area contributed by atoms with E-state index in [1.54, 1.807) is 0 Å². The number of benzene rings is 1. The number of nitrogens with one attached hydrogen (secondary N) is 1. The Bertz CT molecular complexity index is 984. The molecule has 0 atom stereocenters. The Labute approximate surface area is 155 Å². The monoisotopic (exact) mass is 397 g/mol. The van der Waals surface area contributed by atoms with Gasteiger partial charge in [0, 0.05) is 19.8 Å². The van der Waals surface area contributed by atoms with Crippen LogP contribution in [0.1, 0.15) is 11.3 Å². The van der Waals surface area contributed by atoms with E-state index in [1.807, 2.05) is 0 Å². The highest BCUT2D eigenvalue weighted by atomic mass is 19.4.